The van der Waals surface area contributed by atoms with Gasteiger partial charge in [0.2, 0.25) is 0 Å². The van der Waals surface area contributed by atoms with E-state index in [4.69, 9.17) is 10.8 Å². The molecule has 0 aromatic rings. The first-order chi connectivity index (χ1) is 4.72. The molecule has 0 aromatic carbocycles. The SMILES string of the molecule is NC(=O)N1CCCCC1O. The van der Waals surface area contributed by atoms with Crippen molar-refractivity contribution in [3.8, 4) is 0 Å². The number of nitrogens with two attached hydrogens (primary N) is 1. The zero-order valence-corrected chi connectivity index (χ0v) is 5.79. The van der Waals surface area contributed by atoms with Gasteiger partial charge in [0.25, 0.3) is 0 Å². The third-order valence-corrected chi connectivity index (χ3v) is 1.75. The molecule has 0 radical (unpaired) electrons. The van der Waals surface area contributed by atoms with Crippen LogP contribution in [0.5, 0.6) is 0 Å². The van der Waals surface area contributed by atoms with Crippen LogP contribution in [0.15, 0.2) is 0 Å². The van der Waals surface area contributed by atoms with Crippen LogP contribution < -0.4 is 5.73 Å². The second-order valence-electron chi connectivity index (χ2n) is 2.51. The summed E-state index contributed by atoms with van der Waals surface area (Å²) in [4.78, 5) is 11.8. The smallest absolute Gasteiger partial charge is 0.316 e. The summed E-state index contributed by atoms with van der Waals surface area (Å²) in [6.07, 6.45) is 1.93. The third-order valence-electron chi connectivity index (χ3n) is 1.75. The van der Waals surface area contributed by atoms with Crippen molar-refractivity contribution >= 4 is 6.03 Å². The lowest BCUT2D eigenvalue weighted by Crippen LogP contribution is -2.46. The number of likely N-dealkylation sites (tertiary alicyclic amines) is 1. The summed E-state index contributed by atoms with van der Waals surface area (Å²) in [6, 6.07) is -0.521. The highest BCUT2D eigenvalue weighted by Crippen LogP contribution is 2.13. The number of aliphatic hydroxyl groups excluding tert-OH is 1. The molecule has 4 nitrogen and oxygen atoms in total. The normalized spacial score (nSPS) is 26.5. The lowest BCUT2D eigenvalue weighted by molar-refractivity contribution is 0.00721. The fourth-order valence-electron chi connectivity index (χ4n) is 1.17. The highest BCUT2D eigenvalue weighted by Gasteiger charge is 2.21. The summed E-state index contributed by atoms with van der Waals surface area (Å²) in [7, 11) is 0. The predicted octanol–water partition coefficient (Wildman–Crippen LogP) is -0.131. The van der Waals surface area contributed by atoms with Gasteiger partial charge in [-0.25, -0.2) is 4.79 Å². The largest absolute Gasteiger partial charge is 0.373 e. The van der Waals surface area contributed by atoms with Gasteiger partial charge in [-0.15, -0.1) is 0 Å². The molecule has 0 saturated carbocycles. The Hall–Kier alpha value is -0.770. The average molecular weight is 144 g/mol. The molecule has 1 unspecified atom stereocenters. The van der Waals surface area contributed by atoms with Gasteiger partial charge in [-0.1, -0.05) is 0 Å². The number of carbonyl (C=O) groups excluding carboxylic acids is 1. The van der Waals surface area contributed by atoms with E-state index in [-0.39, 0.29) is 0 Å². The van der Waals surface area contributed by atoms with E-state index in [0.717, 1.165) is 12.8 Å². The molecule has 1 heterocycles. The van der Waals surface area contributed by atoms with Crippen molar-refractivity contribution in [1.82, 2.24) is 4.90 Å². The molecule has 2 amide bonds. The number of aliphatic hydroxyl groups is 1. The van der Waals surface area contributed by atoms with Gasteiger partial charge in [0, 0.05) is 6.54 Å². The van der Waals surface area contributed by atoms with Crippen LogP contribution in [-0.2, 0) is 0 Å². The van der Waals surface area contributed by atoms with Crippen LogP contribution in [0.4, 0.5) is 4.79 Å². The van der Waals surface area contributed by atoms with Crippen LogP contribution in [0.3, 0.4) is 0 Å². The number of carbonyl (C=O) groups is 1. The minimum atomic E-state index is -0.647. The van der Waals surface area contributed by atoms with E-state index < -0.39 is 12.3 Å². The Labute approximate surface area is 59.6 Å². The van der Waals surface area contributed by atoms with Gasteiger partial charge < -0.3 is 10.8 Å². The Bertz CT molecular complexity index is 138. The maximum absolute atomic E-state index is 10.6. The van der Waals surface area contributed by atoms with Crippen molar-refractivity contribution in [1.29, 1.82) is 0 Å². The van der Waals surface area contributed by atoms with Gasteiger partial charge in [-0.05, 0) is 19.3 Å². The molecule has 0 aromatic heterocycles. The first kappa shape index (κ1) is 7.34. The first-order valence-electron chi connectivity index (χ1n) is 3.46. The molecule has 0 spiro atoms. The standard InChI is InChI=1S/C6H12N2O2/c7-6(10)8-4-2-1-3-5(8)9/h5,9H,1-4H2,(H2,7,10). The van der Waals surface area contributed by atoms with Crippen LogP contribution in [0.1, 0.15) is 19.3 Å². The van der Waals surface area contributed by atoms with Gasteiger partial charge >= 0.3 is 6.03 Å². The minimum absolute atomic E-state index is 0.521. The van der Waals surface area contributed by atoms with Crippen LogP contribution in [-0.4, -0.2) is 28.8 Å². The van der Waals surface area contributed by atoms with Crippen LogP contribution in [0.25, 0.3) is 0 Å². The van der Waals surface area contributed by atoms with Crippen molar-refractivity contribution in [3.63, 3.8) is 0 Å². The minimum Gasteiger partial charge on any atom is -0.373 e. The molecular weight excluding hydrogens is 132 g/mol. The van der Waals surface area contributed by atoms with Gasteiger partial charge in [-0.3, -0.25) is 4.90 Å². The molecule has 4 heteroatoms. The Balaban J connectivity index is 2.47. The molecule has 10 heavy (non-hydrogen) atoms. The fraction of sp³-hybridized carbons (Fsp3) is 0.833. The van der Waals surface area contributed by atoms with Gasteiger partial charge in [-0.2, -0.15) is 0 Å². The Morgan fingerprint density at radius 1 is 1.60 bits per heavy atom. The molecule has 1 fully saturated rings. The van der Waals surface area contributed by atoms with Crippen molar-refractivity contribution in [2.75, 3.05) is 6.54 Å². The van der Waals surface area contributed by atoms with Crippen LogP contribution in [0, 0.1) is 0 Å². The molecular formula is C6H12N2O2. The summed E-state index contributed by atoms with van der Waals surface area (Å²) >= 11 is 0. The lowest BCUT2D eigenvalue weighted by atomic mass is 10.1. The molecule has 3 N–H and O–H groups in total. The van der Waals surface area contributed by atoms with Gasteiger partial charge in [0.05, 0.1) is 0 Å². The first-order valence-corrected chi connectivity index (χ1v) is 3.46. The average Bonchev–Trinajstić information content (AvgIpc) is 1.88. The van der Waals surface area contributed by atoms with Crippen LogP contribution in [0.2, 0.25) is 0 Å². The molecule has 58 valence electrons. The summed E-state index contributed by atoms with van der Waals surface area (Å²) < 4.78 is 0. The zero-order valence-electron chi connectivity index (χ0n) is 5.79. The van der Waals surface area contributed by atoms with Crippen molar-refractivity contribution in [2.45, 2.75) is 25.5 Å². The molecule has 0 aliphatic carbocycles. The number of piperidine rings is 1. The Morgan fingerprint density at radius 2 is 2.30 bits per heavy atom. The summed E-state index contributed by atoms with van der Waals surface area (Å²) in [5.74, 6) is 0. The van der Waals surface area contributed by atoms with E-state index in [1.807, 2.05) is 0 Å². The fourth-order valence-corrected chi connectivity index (χ4v) is 1.17. The van der Waals surface area contributed by atoms with E-state index in [9.17, 15) is 4.79 Å². The number of amides is 2. The number of hydrogen-bond acceptors (Lipinski definition) is 2. The summed E-state index contributed by atoms with van der Waals surface area (Å²) in [5.41, 5.74) is 4.98. The zero-order chi connectivity index (χ0) is 7.56. The number of rotatable bonds is 0. The highest BCUT2D eigenvalue weighted by molar-refractivity contribution is 5.72. The lowest BCUT2D eigenvalue weighted by Gasteiger charge is -2.30. The topological polar surface area (TPSA) is 66.6 Å². The number of hydrogen-bond donors (Lipinski definition) is 2. The maximum Gasteiger partial charge on any atom is 0.316 e. The molecule has 1 aliphatic heterocycles. The number of urea groups is 1. The highest BCUT2D eigenvalue weighted by atomic mass is 16.3. The van der Waals surface area contributed by atoms with Crippen LogP contribution >= 0.6 is 0 Å². The van der Waals surface area contributed by atoms with Gasteiger partial charge in [0.1, 0.15) is 6.23 Å². The Kier molecular flexibility index (Phi) is 2.11. The monoisotopic (exact) mass is 144 g/mol. The van der Waals surface area contributed by atoms with Crippen molar-refractivity contribution < 1.29 is 9.90 Å². The molecule has 1 atom stereocenters. The van der Waals surface area contributed by atoms with Crippen molar-refractivity contribution in [3.05, 3.63) is 0 Å². The van der Waals surface area contributed by atoms with E-state index in [0.29, 0.717) is 13.0 Å². The molecule has 1 aliphatic rings. The molecule has 1 saturated heterocycles. The second-order valence-corrected chi connectivity index (χ2v) is 2.51. The molecule has 1 rings (SSSR count). The molecule has 0 bridgehead atoms. The number of nitrogens with zero attached hydrogens (tertiary/aromatic N) is 1. The third kappa shape index (κ3) is 1.39. The summed E-state index contributed by atoms with van der Waals surface area (Å²) in [5, 5.41) is 9.16. The maximum atomic E-state index is 10.6. The van der Waals surface area contributed by atoms with E-state index in [2.05, 4.69) is 0 Å². The van der Waals surface area contributed by atoms with Gasteiger partial charge in [0.15, 0.2) is 0 Å². The predicted molar refractivity (Wildman–Crippen MR) is 36.1 cm³/mol. The number of primary amides is 1. The Morgan fingerprint density at radius 3 is 2.70 bits per heavy atom. The van der Waals surface area contributed by atoms with Crippen molar-refractivity contribution in [2.24, 2.45) is 5.73 Å². The van der Waals surface area contributed by atoms with E-state index in [1.165, 1.54) is 4.90 Å². The van der Waals surface area contributed by atoms with E-state index in [1.54, 1.807) is 0 Å². The summed E-state index contributed by atoms with van der Waals surface area (Å²) in [6.45, 7) is 0.594. The quantitative estimate of drug-likeness (QED) is 0.497. The second kappa shape index (κ2) is 2.88. The van der Waals surface area contributed by atoms with E-state index >= 15 is 0 Å².